The van der Waals surface area contributed by atoms with Crippen molar-refractivity contribution in [1.82, 2.24) is 15.5 Å². The second-order valence-corrected chi connectivity index (χ2v) is 5.12. The molecule has 2 heterocycles. The topological polar surface area (TPSA) is 92.9 Å². The number of amides is 1. The van der Waals surface area contributed by atoms with Gasteiger partial charge < -0.3 is 16.4 Å². The van der Waals surface area contributed by atoms with Gasteiger partial charge in [0.2, 0.25) is 5.91 Å². The average molecular weight is 279 g/mol. The van der Waals surface area contributed by atoms with Crippen molar-refractivity contribution in [2.75, 3.05) is 11.9 Å². The van der Waals surface area contributed by atoms with E-state index in [-0.39, 0.29) is 11.9 Å². The van der Waals surface area contributed by atoms with Gasteiger partial charge in [-0.3, -0.25) is 4.79 Å². The van der Waals surface area contributed by atoms with Gasteiger partial charge in [-0.1, -0.05) is 12.2 Å². The highest BCUT2D eigenvalue weighted by molar-refractivity contribution is 7.80. The van der Waals surface area contributed by atoms with Crippen molar-refractivity contribution < 1.29 is 4.79 Å². The molecule has 0 aliphatic carbocycles. The average Bonchev–Trinajstić information content (AvgIpc) is 2.36. The molecule has 1 aromatic rings. The summed E-state index contributed by atoms with van der Waals surface area (Å²) in [5, 5.41) is 14.3. The van der Waals surface area contributed by atoms with Crippen molar-refractivity contribution in [2.45, 2.75) is 32.7 Å². The van der Waals surface area contributed by atoms with Crippen LogP contribution in [0, 0.1) is 13.8 Å². The number of piperidine rings is 1. The molecule has 6 nitrogen and oxygen atoms in total. The van der Waals surface area contributed by atoms with Crippen molar-refractivity contribution in [2.24, 2.45) is 5.73 Å². The lowest BCUT2D eigenvalue weighted by Gasteiger charge is -2.25. The Kier molecular flexibility index (Phi) is 3.94. The van der Waals surface area contributed by atoms with E-state index in [1.807, 2.05) is 13.8 Å². The molecule has 1 atom stereocenters. The zero-order valence-corrected chi connectivity index (χ0v) is 11.8. The van der Waals surface area contributed by atoms with E-state index >= 15 is 0 Å². The molecule has 7 heteroatoms. The third-order valence-corrected chi connectivity index (χ3v) is 3.51. The summed E-state index contributed by atoms with van der Waals surface area (Å²) in [5.74, 6) is 0.676. The summed E-state index contributed by atoms with van der Waals surface area (Å²) in [6.45, 7) is 4.37. The van der Waals surface area contributed by atoms with E-state index in [0.717, 1.165) is 23.2 Å². The first-order valence-corrected chi connectivity index (χ1v) is 6.56. The fourth-order valence-electron chi connectivity index (χ4n) is 2.06. The van der Waals surface area contributed by atoms with E-state index in [1.54, 1.807) is 0 Å². The van der Waals surface area contributed by atoms with Crippen LogP contribution in [0.5, 0.6) is 0 Å². The third-order valence-electron chi connectivity index (χ3n) is 3.31. The lowest BCUT2D eigenvalue weighted by molar-refractivity contribution is -0.122. The monoisotopic (exact) mass is 279 g/mol. The largest absolute Gasteiger partial charge is 0.389 e. The minimum Gasteiger partial charge on any atom is -0.389 e. The summed E-state index contributed by atoms with van der Waals surface area (Å²) < 4.78 is 0. The Bertz CT molecular complexity index is 521. The zero-order valence-electron chi connectivity index (χ0n) is 11.0. The number of carbonyl (C=O) groups excluding carboxylic acids is 1. The molecule has 4 N–H and O–H groups in total. The van der Waals surface area contributed by atoms with Gasteiger partial charge in [-0.2, -0.15) is 5.10 Å². The van der Waals surface area contributed by atoms with Crippen LogP contribution in [0.2, 0.25) is 0 Å². The van der Waals surface area contributed by atoms with Crippen LogP contribution < -0.4 is 16.4 Å². The summed E-state index contributed by atoms with van der Waals surface area (Å²) in [7, 11) is 0. The van der Waals surface area contributed by atoms with Gasteiger partial charge in [0, 0.05) is 19.0 Å². The molecule has 19 heavy (non-hydrogen) atoms. The quantitative estimate of drug-likeness (QED) is 0.694. The Hall–Kier alpha value is -1.76. The predicted molar refractivity (Wildman–Crippen MR) is 77.0 cm³/mol. The number of hydrogen-bond acceptors (Lipinski definition) is 5. The Labute approximate surface area is 117 Å². The van der Waals surface area contributed by atoms with Crippen LogP contribution in [0.4, 0.5) is 5.82 Å². The molecule has 102 valence electrons. The standard InChI is InChI=1S/C12H17N5OS/c1-6-7(2)16-17-12(10(6)11(13)19)15-8-3-4-9(18)14-5-8/h8H,3-5H2,1-2H3,(H2,13,19)(H,14,18)(H,15,17). The fraction of sp³-hybridized carbons (Fsp3) is 0.500. The highest BCUT2D eigenvalue weighted by atomic mass is 32.1. The van der Waals surface area contributed by atoms with Crippen molar-refractivity contribution in [3.63, 3.8) is 0 Å². The maximum absolute atomic E-state index is 11.1. The summed E-state index contributed by atoms with van der Waals surface area (Å²) in [6.07, 6.45) is 1.27. The van der Waals surface area contributed by atoms with Gasteiger partial charge in [-0.15, -0.1) is 5.10 Å². The Balaban J connectivity index is 2.23. The van der Waals surface area contributed by atoms with E-state index in [4.69, 9.17) is 18.0 Å². The highest BCUT2D eigenvalue weighted by Crippen LogP contribution is 2.20. The first kappa shape index (κ1) is 13.7. The molecule has 1 amide bonds. The van der Waals surface area contributed by atoms with Gasteiger partial charge in [0.05, 0.1) is 11.3 Å². The molecule has 1 unspecified atom stereocenters. The van der Waals surface area contributed by atoms with E-state index in [0.29, 0.717) is 23.8 Å². The molecular weight excluding hydrogens is 262 g/mol. The molecule has 1 aromatic heterocycles. The second kappa shape index (κ2) is 5.48. The van der Waals surface area contributed by atoms with Crippen molar-refractivity contribution in [3.8, 4) is 0 Å². The van der Waals surface area contributed by atoms with E-state index in [9.17, 15) is 4.79 Å². The molecule has 0 spiro atoms. The normalized spacial score (nSPS) is 18.8. The Morgan fingerprint density at radius 1 is 1.47 bits per heavy atom. The minimum absolute atomic E-state index is 0.0822. The highest BCUT2D eigenvalue weighted by Gasteiger charge is 2.21. The summed E-state index contributed by atoms with van der Waals surface area (Å²) in [6, 6.07) is 0.127. The molecule has 0 saturated carbocycles. The maximum atomic E-state index is 11.1. The SMILES string of the molecule is Cc1nnc(NC2CCC(=O)NC2)c(C(N)=S)c1C. The van der Waals surface area contributed by atoms with Crippen molar-refractivity contribution in [1.29, 1.82) is 0 Å². The fourth-order valence-corrected chi connectivity index (χ4v) is 2.31. The third kappa shape index (κ3) is 2.98. The number of thiocarbonyl (C=S) groups is 1. The first-order valence-electron chi connectivity index (χ1n) is 6.16. The smallest absolute Gasteiger partial charge is 0.220 e. The molecular formula is C12H17N5OS. The summed E-state index contributed by atoms with van der Waals surface area (Å²) >= 11 is 5.08. The van der Waals surface area contributed by atoms with Crippen LogP contribution in [0.15, 0.2) is 0 Å². The van der Waals surface area contributed by atoms with Crippen LogP contribution >= 0.6 is 12.2 Å². The van der Waals surface area contributed by atoms with E-state index in [2.05, 4.69) is 20.8 Å². The number of rotatable bonds is 3. The molecule has 1 fully saturated rings. The summed E-state index contributed by atoms with van der Waals surface area (Å²) in [5.41, 5.74) is 8.25. The number of carbonyl (C=O) groups is 1. The van der Waals surface area contributed by atoms with Gasteiger partial charge >= 0.3 is 0 Å². The van der Waals surface area contributed by atoms with Gasteiger partial charge in [-0.05, 0) is 25.8 Å². The van der Waals surface area contributed by atoms with Gasteiger partial charge in [0.25, 0.3) is 0 Å². The number of nitrogens with two attached hydrogens (primary N) is 1. The molecule has 1 aliphatic rings. The van der Waals surface area contributed by atoms with Crippen LogP contribution in [-0.4, -0.2) is 33.7 Å². The number of aromatic nitrogens is 2. The molecule has 2 rings (SSSR count). The zero-order chi connectivity index (χ0) is 14.0. The van der Waals surface area contributed by atoms with Crippen LogP contribution in [0.1, 0.15) is 29.7 Å². The van der Waals surface area contributed by atoms with Gasteiger partial charge in [0.15, 0.2) is 5.82 Å². The van der Waals surface area contributed by atoms with Crippen molar-refractivity contribution >= 4 is 28.9 Å². The molecule has 0 aromatic carbocycles. The lowest BCUT2D eigenvalue weighted by Crippen LogP contribution is -2.42. The minimum atomic E-state index is 0.0822. The lowest BCUT2D eigenvalue weighted by atomic mass is 10.1. The first-order chi connectivity index (χ1) is 8.99. The van der Waals surface area contributed by atoms with Gasteiger partial charge in [0.1, 0.15) is 4.99 Å². The Morgan fingerprint density at radius 2 is 2.21 bits per heavy atom. The number of aryl methyl sites for hydroxylation is 1. The Morgan fingerprint density at radius 3 is 2.79 bits per heavy atom. The van der Waals surface area contributed by atoms with Crippen molar-refractivity contribution in [3.05, 3.63) is 16.8 Å². The predicted octanol–water partition coefficient (Wildman–Crippen LogP) is 0.418. The number of anilines is 1. The molecule has 0 bridgehead atoms. The molecule has 0 radical (unpaired) electrons. The number of hydrogen-bond donors (Lipinski definition) is 3. The van der Waals surface area contributed by atoms with Crippen LogP contribution in [-0.2, 0) is 4.79 Å². The molecule has 1 aliphatic heterocycles. The number of nitrogens with zero attached hydrogens (tertiary/aromatic N) is 2. The van der Waals surface area contributed by atoms with Gasteiger partial charge in [-0.25, -0.2) is 0 Å². The number of nitrogens with one attached hydrogen (secondary N) is 2. The second-order valence-electron chi connectivity index (χ2n) is 4.68. The molecule has 1 saturated heterocycles. The van der Waals surface area contributed by atoms with E-state index < -0.39 is 0 Å². The van der Waals surface area contributed by atoms with Crippen LogP contribution in [0.3, 0.4) is 0 Å². The van der Waals surface area contributed by atoms with Crippen LogP contribution in [0.25, 0.3) is 0 Å². The maximum Gasteiger partial charge on any atom is 0.220 e. The van der Waals surface area contributed by atoms with E-state index in [1.165, 1.54) is 0 Å². The summed E-state index contributed by atoms with van der Waals surface area (Å²) in [4.78, 5) is 11.4.